The molecule has 0 saturated heterocycles. The maximum atomic E-state index is 13.4. The molecule has 0 spiro atoms. The summed E-state index contributed by atoms with van der Waals surface area (Å²) in [6.07, 6.45) is 4.87. The van der Waals surface area contributed by atoms with E-state index in [-0.39, 0.29) is 37.1 Å². The molecular weight excluding hydrogens is 490 g/mol. The first-order valence-electron chi connectivity index (χ1n) is 12.8. The Morgan fingerprint density at radius 3 is 2.43 bits per heavy atom. The highest BCUT2D eigenvalue weighted by Gasteiger charge is 2.33. The van der Waals surface area contributed by atoms with Gasteiger partial charge in [-0.2, -0.15) is 5.10 Å². The van der Waals surface area contributed by atoms with Crippen LogP contribution < -0.4 is 0 Å². The zero-order valence-electron chi connectivity index (χ0n) is 21.0. The average Bonchev–Trinajstić information content (AvgIpc) is 3.33. The smallest absolute Gasteiger partial charge is 0.303 e. The number of amides is 1. The van der Waals surface area contributed by atoms with Gasteiger partial charge >= 0.3 is 5.97 Å². The van der Waals surface area contributed by atoms with E-state index >= 15 is 0 Å². The number of benzene rings is 2. The predicted molar refractivity (Wildman–Crippen MR) is 143 cm³/mol. The van der Waals surface area contributed by atoms with Crippen molar-refractivity contribution in [2.75, 3.05) is 13.1 Å². The minimum absolute atomic E-state index is 0.0154. The number of rotatable bonds is 12. The number of aliphatic carboxylic acids is 1. The number of halogens is 1. The number of unbranched alkanes of at least 4 members (excludes halogenated alkanes) is 2. The highest BCUT2D eigenvalue weighted by molar-refractivity contribution is 6.30. The van der Waals surface area contributed by atoms with Gasteiger partial charge in [-0.05, 0) is 42.2 Å². The van der Waals surface area contributed by atoms with Gasteiger partial charge in [0.25, 0.3) is 5.91 Å². The summed E-state index contributed by atoms with van der Waals surface area (Å²) in [5.74, 6) is -1.05. The van der Waals surface area contributed by atoms with Gasteiger partial charge in [-0.3, -0.25) is 19.1 Å². The molecule has 1 aliphatic heterocycles. The number of carbonyl (C=O) groups excluding carboxylic acids is 2. The Kier molecular flexibility index (Phi) is 8.77. The van der Waals surface area contributed by atoms with E-state index in [1.807, 2.05) is 47.1 Å². The number of nitrogens with zero attached hydrogens (tertiary/aromatic N) is 3. The summed E-state index contributed by atoms with van der Waals surface area (Å²) >= 11 is 6.04. The molecule has 0 aliphatic carbocycles. The quantitative estimate of drug-likeness (QED) is 0.313. The third-order valence-corrected chi connectivity index (χ3v) is 6.97. The molecule has 0 fully saturated rings. The fourth-order valence-corrected chi connectivity index (χ4v) is 4.85. The molecule has 1 aliphatic rings. The van der Waals surface area contributed by atoms with E-state index in [1.165, 1.54) is 0 Å². The lowest BCUT2D eigenvalue weighted by Crippen LogP contribution is -2.45. The molecule has 7 nitrogen and oxygen atoms in total. The van der Waals surface area contributed by atoms with Crippen molar-refractivity contribution in [1.29, 1.82) is 0 Å². The monoisotopic (exact) mass is 521 g/mol. The molecular formula is C29H32ClN3O4. The first kappa shape index (κ1) is 26.6. The Morgan fingerprint density at radius 1 is 1.05 bits per heavy atom. The Balaban J connectivity index is 1.47. The maximum Gasteiger partial charge on any atom is 0.303 e. The second kappa shape index (κ2) is 12.2. The molecule has 3 aromatic rings. The third kappa shape index (κ3) is 6.86. The van der Waals surface area contributed by atoms with Crippen molar-refractivity contribution < 1.29 is 19.5 Å². The Labute approximate surface area is 222 Å². The number of hydrogen-bond donors (Lipinski definition) is 1. The number of carbonyl (C=O) groups is 3. The molecule has 8 heteroatoms. The lowest BCUT2D eigenvalue weighted by molar-refractivity contribution is -0.137. The summed E-state index contributed by atoms with van der Waals surface area (Å²) in [5, 5.41) is 14.3. The summed E-state index contributed by atoms with van der Waals surface area (Å²) in [4.78, 5) is 38.8. The molecule has 2 heterocycles. The number of hydrogen-bond acceptors (Lipinski definition) is 4. The van der Waals surface area contributed by atoms with E-state index in [2.05, 4.69) is 6.92 Å². The number of aryl methyl sites for hydroxylation is 1. The summed E-state index contributed by atoms with van der Waals surface area (Å²) in [7, 11) is 0. The fourth-order valence-electron chi connectivity index (χ4n) is 4.72. The molecule has 1 atom stereocenters. The van der Waals surface area contributed by atoms with E-state index in [4.69, 9.17) is 21.8 Å². The molecule has 1 amide bonds. The lowest BCUT2D eigenvalue weighted by Gasteiger charge is -2.33. The Hall–Kier alpha value is -3.45. The molecule has 2 aromatic carbocycles. The minimum atomic E-state index is -0.833. The third-order valence-electron chi connectivity index (χ3n) is 6.72. The van der Waals surface area contributed by atoms with Crippen molar-refractivity contribution in [3.63, 3.8) is 0 Å². The van der Waals surface area contributed by atoms with Crippen LogP contribution in [0.3, 0.4) is 0 Å². The van der Waals surface area contributed by atoms with Crippen LogP contribution >= 0.6 is 11.6 Å². The maximum absolute atomic E-state index is 13.4. The molecule has 1 aromatic heterocycles. The topological polar surface area (TPSA) is 92.5 Å². The molecule has 0 saturated carbocycles. The minimum Gasteiger partial charge on any atom is -0.481 e. The van der Waals surface area contributed by atoms with Crippen LogP contribution in [0.25, 0.3) is 11.3 Å². The van der Waals surface area contributed by atoms with Crippen LogP contribution in [0.5, 0.6) is 0 Å². The summed E-state index contributed by atoms with van der Waals surface area (Å²) < 4.78 is 1.85. The van der Waals surface area contributed by atoms with Crippen LogP contribution in [0, 0.1) is 0 Å². The summed E-state index contributed by atoms with van der Waals surface area (Å²) in [6, 6.07) is 16.6. The van der Waals surface area contributed by atoms with Gasteiger partial charge in [0.15, 0.2) is 5.78 Å². The van der Waals surface area contributed by atoms with Crippen molar-refractivity contribution in [1.82, 2.24) is 14.7 Å². The molecule has 1 N–H and O–H groups in total. The van der Waals surface area contributed by atoms with Crippen molar-refractivity contribution in [3.05, 3.63) is 76.4 Å². The van der Waals surface area contributed by atoms with Gasteiger partial charge in [-0.15, -0.1) is 0 Å². The van der Waals surface area contributed by atoms with Gasteiger partial charge in [0.2, 0.25) is 0 Å². The molecule has 1 unspecified atom stereocenters. The zero-order valence-corrected chi connectivity index (χ0v) is 21.8. The molecule has 37 heavy (non-hydrogen) atoms. The number of ketones is 1. The SMILES string of the molecule is CCCCCC1CN(CC(=O)Cc2ccc(CCC(=O)O)cc2)C(=O)c2cc(-c3ccc(Cl)cc3)nn21. The normalized spacial score (nSPS) is 15.0. The van der Waals surface area contributed by atoms with Crippen LogP contribution in [0.2, 0.25) is 5.02 Å². The highest BCUT2D eigenvalue weighted by Crippen LogP contribution is 2.30. The van der Waals surface area contributed by atoms with E-state index in [0.29, 0.717) is 23.7 Å². The zero-order chi connectivity index (χ0) is 26.4. The summed E-state index contributed by atoms with van der Waals surface area (Å²) in [6.45, 7) is 2.66. The van der Waals surface area contributed by atoms with Crippen LogP contribution in [-0.4, -0.2) is 50.5 Å². The average molecular weight is 522 g/mol. The van der Waals surface area contributed by atoms with Crippen molar-refractivity contribution in [2.24, 2.45) is 0 Å². The van der Waals surface area contributed by atoms with Gasteiger partial charge in [0, 0.05) is 30.0 Å². The number of carboxylic acids is 1. The lowest BCUT2D eigenvalue weighted by atomic mass is 10.0. The molecule has 0 bridgehead atoms. The van der Waals surface area contributed by atoms with Gasteiger partial charge < -0.3 is 10.0 Å². The van der Waals surface area contributed by atoms with E-state index < -0.39 is 5.97 Å². The number of carboxylic acid groups (broad SMARTS) is 1. The van der Waals surface area contributed by atoms with Crippen LogP contribution in [-0.2, 0) is 22.4 Å². The van der Waals surface area contributed by atoms with E-state index in [9.17, 15) is 14.4 Å². The van der Waals surface area contributed by atoms with Crippen molar-refractivity contribution >= 4 is 29.3 Å². The molecule has 0 radical (unpaired) electrons. The second-order valence-electron chi connectivity index (χ2n) is 9.63. The highest BCUT2D eigenvalue weighted by atomic mass is 35.5. The van der Waals surface area contributed by atoms with E-state index in [0.717, 1.165) is 48.1 Å². The second-order valence-corrected chi connectivity index (χ2v) is 10.1. The van der Waals surface area contributed by atoms with Crippen LogP contribution in [0.1, 0.15) is 66.7 Å². The van der Waals surface area contributed by atoms with Gasteiger partial charge in [-0.1, -0.05) is 74.2 Å². The predicted octanol–water partition coefficient (Wildman–Crippen LogP) is 5.61. The standard InChI is InChI=1S/C29H32ClN3O4/c1-2-3-4-5-24-18-32(19-25(34)16-21-8-6-20(7-9-21)10-15-28(35)36)29(37)27-17-26(31-33(24)27)22-11-13-23(30)14-12-22/h6-9,11-14,17,24H,2-5,10,15-16,18-19H2,1H3,(H,35,36). The van der Waals surface area contributed by atoms with Gasteiger partial charge in [0.1, 0.15) is 5.69 Å². The molecule has 4 rings (SSSR count). The Bertz CT molecular complexity index is 1250. The van der Waals surface area contributed by atoms with Gasteiger partial charge in [0.05, 0.1) is 18.3 Å². The first-order chi connectivity index (χ1) is 17.8. The largest absolute Gasteiger partial charge is 0.481 e. The first-order valence-corrected chi connectivity index (χ1v) is 13.2. The summed E-state index contributed by atoms with van der Waals surface area (Å²) in [5.41, 5.74) is 3.89. The Morgan fingerprint density at radius 2 is 1.76 bits per heavy atom. The number of Topliss-reactive ketones (excluding diaryl/α,β-unsaturated/α-hetero) is 1. The van der Waals surface area contributed by atoms with Crippen molar-refractivity contribution in [3.8, 4) is 11.3 Å². The van der Waals surface area contributed by atoms with Crippen LogP contribution in [0.4, 0.5) is 0 Å². The van der Waals surface area contributed by atoms with E-state index in [1.54, 1.807) is 17.0 Å². The van der Waals surface area contributed by atoms with Crippen LogP contribution in [0.15, 0.2) is 54.6 Å². The van der Waals surface area contributed by atoms with Crippen molar-refractivity contribution in [2.45, 2.75) is 57.9 Å². The molecule has 194 valence electrons. The number of aromatic nitrogens is 2. The number of fused-ring (bicyclic) bond motifs is 1. The van der Waals surface area contributed by atoms with Gasteiger partial charge in [-0.25, -0.2) is 0 Å². The fraction of sp³-hybridized carbons (Fsp3) is 0.379.